The summed E-state index contributed by atoms with van der Waals surface area (Å²) in [6.07, 6.45) is 3.22. The predicted octanol–water partition coefficient (Wildman–Crippen LogP) is 7.97. The van der Waals surface area contributed by atoms with Crippen molar-refractivity contribution >= 4 is 27.8 Å². The van der Waals surface area contributed by atoms with E-state index in [2.05, 4.69) is 15.9 Å². The molecule has 2 nitrogen and oxygen atoms in total. The van der Waals surface area contributed by atoms with Gasteiger partial charge >= 0.3 is 0 Å². The van der Waals surface area contributed by atoms with Crippen LogP contribution >= 0.6 is 15.9 Å². The lowest BCUT2D eigenvalue weighted by Crippen LogP contribution is -2.03. The van der Waals surface area contributed by atoms with Gasteiger partial charge in [-0.15, -0.1) is 0 Å². The van der Waals surface area contributed by atoms with Gasteiger partial charge in [0.1, 0.15) is 17.4 Å². The second-order valence-corrected chi connectivity index (χ2v) is 8.28. The zero-order chi connectivity index (χ0) is 23.4. The highest BCUT2D eigenvalue weighted by atomic mass is 79.9. The number of methoxy groups -OCH3 is 1. The summed E-state index contributed by atoms with van der Waals surface area (Å²) in [7, 11) is 1.49. The fraction of sp³-hybridized carbons (Fsp3) is 0.0357. The quantitative estimate of drug-likeness (QED) is 0.196. The number of hydrogen-bond donors (Lipinski definition) is 0. The van der Waals surface area contributed by atoms with E-state index in [0.717, 1.165) is 21.2 Å². The summed E-state index contributed by atoms with van der Waals surface area (Å²) in [6, 6.07) is 23.2. The molecule has 5 heteroatoms. The van der Waals surface area contributed by atoms with E-state index < -0.39 is 0 Å². The van der Waals surface area contributed by atoms with Gasteiger partial charge in [0.15, 0.2) is 5.78 Å². The molecule has 33 heavy (non-hydrogen) atoms. The largest absolute Gasteiger partial charge is 0.496 e. The zero-order valence-corrected chi connectivity index (χ0v) is 19.3. The Kier molecular flexibility index (Phi) is 6.80. The van der Waals surface area contributed by atoms with E-state index in [1.807, 2.05) is 30.3 Å². The molecule has 0 N–H and O–H groups in total. The van der Waals surface area contributed by atoms with Gasteiger partial charge in [0.25, 0.3) is 0 Å². The summed E-state index contributed by atoms with van der Waals surface area (Å²) in [5.41, 5.74) is 4.01. The number of allylic oxidation sites excluding steroid dienone is 1. The van der Waals surface area contributed by atoms with Crippen LogP contribution in [0.4, 0.5) is 8.78 Å². The van der Waals surface area contributed by atoms with Gasteiger partial charge in [0.2, 0.25) is 0 Å². The molecule has 0 aromatic heterocycles. The highest BCUT2D eigenvalue weighted by molar-refractivity contribution is 9.10. The predicted molar refractivity (Wildman–Crippen MR) is 131 cm³/mol. The van der Waals surface area contributed by atoms with E-state index in [0.29, 0.717) is 22.4 Å². The van der Waals surface area contributed by atoms with Crippen molar-refractivity contribution in [3.8, 4) is 28.0 Å². The van der Waals surface area contributed by atoms with Crippen molar-refractivity contribution in [2.75, 3.05) is 7.11 Å². The molecule has 0 saturated heterocycles. The van der Waals surface area contributed by atoms with Gasteiger partial charge in [-0.3, -0.25) is 4.79 Å². The fourth-order valence-electron chi connectivity index (χ4n) is 3.53. The van der Waals surface area contributed by atoms with Gasteiger partial charge in [-0.25, -0.2) is 8.78 Å². The first-order valence-electron chi connectivity index (χ1n) is 10.2. The highest BCUT2D eigenvalue weighted by Crippen LogP contribution is 2.37. The number of carbonyl (C=O) groups excluding carboxylic acids is 1. The molecule has 164 valence electrons. The van der Waals surface area contributed by atoms with E-state index in [9.17, 15) is 13.6 Å². The monoisotopic (exact) mass is 504 g/mol. The Labute approximate surface area is 199 Å². The first-order valence-corrected chi connectivity index (χ1v) is 11.0. The molecule has 0 atom stereocenters. The third-order valence-corrected chi connectivity index (χ3v) is 5.73. The normalized spacial score (nSPS) is 11.0. The number of ether oxygens (including phenoxy) is 1. The van der Waals surface area contributed by atoms with Crippen LogP contribution in [0.2, 0.25) is 0 Å². The molecule has 4 aromatic rings. The lowest BCUT2D eigenvalue weighted by molar-refractivity contribution is 0.104. The van der Waals surface area contributed by atoms with Gasteiger partial charge in [-0.05, 0) is 82.4 Å². The van der Waals surface area contributed by atoms with Crippen molar-refractivity contribution in [3.63, 3.8) is 0 Å². The van der Waals surface area contributed by atoms with Crippen LogP contribution in [-0.2, 0) is 0 Å². The lowest BCUT2D eigenvalue weighted by atomic mass is 9.91. The van der Waals surface area contributed by atoms with Gasteiger partial charge < -0.3 is 4.74 Å². The average Bonchev–Trinajstić information content (AvgIpc) is 2.83. The lowest BCUT2D eigenvalue weighted by Gasteiger charge is -2.15. The molecule has 0 saturated carbocycles. The number of rotatable bonds is 6. The SMILES string of the molecule is COc1cc(-c2ccc(F)cc2)cc(-c2ccc(F)cc2)c1C(=O)/C=C/c1ccc(Br)cc1. The Hall–Kier alpha value is -3.57. The van der Waals surface area contributed by atoms with Crippen LogP contribution in [0.5, 0.6) is 5.75 Å². The summed E-state index contributed by atoms with van der Waals surface area (Å²) in [5, 5.41) is 0. The zero-order valence-electron chi connectivity index (χ0n) is 17.7. The maximum absolute atomic E-state index is 13.6. The van der Waals surface area contributed by atoms with Crippen LogP contribution in [0, 0.1) is 11.6 Å². The molecule has 0 heterocycles. The van der Waals surface area contributed by atoms with Crippen molar-refractivity contribution in [1.29, 1.82) is 0 Å². The number of benzene rings is 4. The van der Waals surface area contributed by atoms with E-state index in [4.69, 9.17) is 4.74 Å². The number of hydrogen-bond acceptors (Lipinski definition) is 2. The molecule has 0 spiro atoms. The highest BCUT2D eigenvalue weighted by Gasteiger charge is 2.19. The third kappa shape index (κ3) is 5.26. The Morgan fingerprint density at radius 2 is 1.36 bits per heavy atom. The van der Waals surface area contributed by atoms with Crippen LogP contribution in [0.15, 0.2) is 95.5 Å². The molecule has 0 unspecified atom stereocenters. The number of ketones is 1. The topological polar surface area (TPSA) is 26.3 Å². The first kappa shape index (κ1) is 22.6. The summed E-state index contributed by atoms with van der Waals surface area (Å²) in [4.78, 5) is 13.3. The Bertz CT molecular complexity index is 1310. The Morgan fingerprint density at radius 1 is 0.788 bits per heavy atom. The molecule has 4 rings (SSSR count). The fourth-order valence-corrected chi connectivity index (χ4v) is 3.79. The minimum Gasteiger partial charge on any atom is -0.496 e. The van der Waals surface area contributed by atoms with Gasteiger partial charge in [0, 0.05) is 4.47 Å². The molecule has 4 aromatic carbocycles. The summed E-state index contributed by atoms with van der Waals surface area (Å²) < 4.78 is 33.6. The second kappa shape index (κ2) is 9.92. The van der Waals surface area contributed by atoms with Crippen molar-refractivity contribution in [1.82, 2.24) is 0 Å². The smallest absolute Gasteiger partial charge is 0.190 e. The molecule has 0 aliphatic rings. The number of carbonyl (C=O) groups is 1. The van der Waals surface area contributed by atoms with E-state index in [1.165, 1.54) is 37.5 Å². The standard InChI is InChI=1S/C28H19BrF2O2/c1-33-27-17-21(19-5-11-23(30)12-6-19)16-25(20-7-13-24(31)14-8-20)28(27)26(32)15-4-18-2-9-22(29)10-3-18/h2-17H,1H3/b15-4+. The van der Waals surface area contributed by atoms with Gasteiger partial charge in [-0.1, -0.05) is 58.4 Å². The first-order chi connectivity index (χ1) is 15.9. The van der Waals surface area contributed by atoms with Crippen molar-refractivity contribution < 1.29 is 18.3 Å². The van der Waals surface area contributed by atoms with Crippen LogP contribution in [0.25, 0.3) is 28.3 Å². The van der Waals surface area contributed by atoms with Crippen LogP contribution < -0.4 is 4.74 Å². The van der Waals surface area contributed by atoms with Crippen LogP contribution in [0.1, 0.15) is 15.9 Å². The Balaban J connectivity index is 1.85. The van der Waals surface area contributed by atoms with E-state index in [1.54, 1.807) is 36.4 Å². The van der Waals surface area contributed by atoms with Gasteiger partial charge in [0.05, 0.1) is 12.7 Å². The van der Waals surface area contributed by atoms with Crippen molar-refractivity contribution in [2.24, 2.45) is 0 Å². The molecular weight excluding hydrogens is 486 g/mol. The van der Waals surface area contributed by atoms with Crippen molar-refractivity contribution in [2.45, 2.75) is 0 Å². The molecule has 0 aliphatic carbocycles. The molecule has 0 fully saturated rings. The second-order valence-electron chi connectivity index (χ2n) is 7.36. The molecule has 0 bridgehead atoms. The molecular formula is C28H19BrF2O2. The molecule has 0 radical (unpaired) electrons. The van der Waals surface area contributed by atoms with Crippen LogP contribution in [-0.4, -0.2) is 12.9 Å². The summed E-state index contributed by atoms with van der Waals surface area (Å²) in [5.74, 6) is -0.584. The van der Waals surface area contributed by atoms with Gasteiger partial charge in [-0.2, -0.15) is 0 Å². The van der Waals surface area contributed by atoms with Crippen molar-refractivity contribution in [3.05, 3.63) is 118 Å². The maximum atomic E-state index is 13.6. The maximum Gasteiger partial charge on any atom is 0.190 e. The third-order valence-electron chi connectivity index (χ3n) is 5.20. The minimum absolute atomic E-state index is 0.250. The van der Waals surface area contributed by atoms with E-state index >= 15 is 0 Å². The Morgan fingerprint density at radius 3 is 1.94 bits per heavy atom. The van der Waals surface area contributed by atoms with Crippen LogP contribution in [0.3, 0.4) is 0 Å². The molecule has 0 amide bonds. The summed E-state index contributed by atoms with van der Waals surface area (Å²) >= 11 is 3.40. The number of halogens is 3. The minimum atomic E-state index is -0.372. The summed E-state index contributed by atoms with van der Waals surface area (Å²) in [6.45, 7) is 0. The molecule has 0 aliphatic heterocycles. The van der Waals surface area contributed by atoms with E-state index in [-0.39, 0.29) is 17.4 Å². The average molecular weight is 505 g/mol.